The van der Waals surface area contributed by atoms with Gasteiger partial charge in [0.15, 0.2) is 0 Å². The Morgan fingerprint density at radius 3 is 2.27 bits per heavy atom. The Kier molecular flexibility index (Phi) is 4.93. The first-order valence-electron chi connectivity index (χ1n) is 8.43. The fourth-order valence-corrected chi connectivity index (χ4v) is 3.02. The summed E-state index contributed by atoms with van der Waals surface area (Å²) in [6.45, 7) is 1.87. The number of nitrogens with zero attached hydrogens (tertiary/aromatic N) is 1. The van der Waals surface area contributed by atoms with Crippen LogP contribution in [-0.4, -0.2) is 29.5 Å². The second-order valence-corrected chi connectivity index (χ2v) is 6.63. The van der Waals surface area contributed by atoms with Crippen LogP contribution in [-0.2, 0) is 17.8 Å². The van der Waals surface area contributed by atoms with E-state index in [4.69, 9.17) is 4.74 Å². The quantitative estimate of drug-likeness (QED) is 0.808. The number of ether oxygens (including phenoxy) is 1. The zero-order valence-corrected chi connectivity index (χ0v) is 14.8. The van der Waals surface area contributed by atoms with E-state index in [2.05, 4.69) is 5.32 Å². The topological polar surface area (TPSA) is 58.6 Å². The predicted molar refractivity (Wildman–Crippen MR) is 95.2 cm³/mol. The Bertz CT molecular complexity index is 805. The summed E-state index contributed by atoms with van der Waals surface area (Å²) < 4.78 is 18.2. The number of carbonyl (C=O) groups is 2. The molecule has 0 radical (unpaired) electrons. The summed E-state index contributed by atoms with van der Waals surface area (Å²) in [6, 6.07) is 13.0. The van der Waals surface area contributed by atoms with E-state index in [0.29, 0.717) is 18.4 Å². The minimum absolute atomic E-state index is 0.128. The molecule has 0 saturated carbocycles. The van der Waals surface area contributed by atoms with E-state index < -0.39 is 11.6 Å². The molecule has 0 bridgehead atoms. The number of urea groups is 1. The minimum Gasteiger partial charge on any atom is -0.497 e. The number of rotatable bonds is 6. The van der Waals surface area contributed by atoms with Crippen LogP contribution in [0.4, 0.5) is 9.18 Å². The molecule has 0 spiro atoms. The molecule has 136 valence electrons. The summed E-state index contributed by atoms with van der Waals surface area (Å²) >= 11 is 0. The van der Waals surface area contributed by atoms with E-state index in [9.17, 15) is 14.0 Å². The summed E-state index contributed by atoms with van der Waals surface area (Å²) in [7, 11) is 1.61. The van der Waals surface area contributed by atoms with Crippen LogP contribution >= 0.6 is 0 Å². The Labute approximate surface area is 151 Å². The zero-order chi connectivity index (χ0) is 18.7. The molecular weight excluding hydrogens is 335 g/mol. The maximum Gasteiger partial charge on any atom is 0.325 e. The Balaban J connectivity index is 1.66. The van der Waals surface area contributed by atoms with Gasteiger partial charge in [0.25, 0.3) is 5.91 Å². The third-order valence-corrected chi connectivity index (χ3v) is 4.67. The molecule has 1 heterocycles. The van der Waals surface area contributed by atoms with Crippen LogP contribution in [0.1, 0.15) is 24.5 Å². The number of methoxy groups -OCH3 is 1. The van der Waals surface area contributed by atoms with E-state index in [1.165, 1.54) is 17.0 Å². The predicted octanol–water partition coefficient (Wildman–Crippen LogP) is 3.28. The maximum absolute atomic E-state index is 13.0. The summed E-state index contributed by atoms with van der Waals surface area (Å²) in [6.07, 6.45) is 1.14. The van der Waals surface area contributed by atoms with Gasteiger partial charge in [0.05, 0.1) is 13.7 Å². The van der Waals surface area contributed by atoms with Gasteiger partial charge in [0.2, 0.25) is 0 Å². The Morgan fingerprint density at radius 2 is 1.65 bits per heavy atom. The lowest BCUT2D eigenvalue weighted by Gasteiger charge is -2.21. The summed E-state index contributed by atoms with van der Waals surface area (Å²) in [4.78, 5) is 26.2. The van der Waals surface area contributed by atoms with Crippen molar-refractivity contribution in [3.8, 4) is 5.75 Å². The lowest BCUT2D eigenvalue weighted by molar-refractivity contribution is -0.131. The van der Waals surface area contributed by atoms with E-state index in [1.807, 2.05) is 24.3 Å². The van der Waals surface area contributed by atoms with Gasteiger partial charge < -0.3 is 10.1 Å². The molecule has 1 saturated heterocycles. The van der Waals surface area contributed by atoms with Crippen LogP contribution in [0.2, 0.25) is 0 Å². The first-order valence-corrected chi connectivity index (χ1v) is 8.43. The number of halogens is 1. The Morgan fingerprint density at radius 1 is 1.04 bits per heavy atom. The molecule has 1 fully saturated rings. The molecule has 1 aliphatic heterocycles. The highest BCUT2D eigenvalue weighted by molar-refractivity contribution is 6.06. The number of aryl methyl sites for hydroxylation is 1. The van der Waals surface area contributed by atoms with Crippen LogP contribution in [0.3, 0.4) is 0 Å². The molecule has 1 unspecified atom stereocenters. The molecule has 0 aliphatic carbocycles. The average Bonchev–Trinajstić information content (AvgIpc) is 2.86. The molecule has 2 aromatic carbocycles. The SMILES string of the molecule is COc1ccc(CCC2(C)NC(=O)N(Cc3ccc(F)cc3)C2=O)cc1. The first-order chi connectivity index (χ1) is 12.4. The number of benzene rings is 2. The number of carbonyl (C=O) groups excluding carboxylic acids is 2. The molecule has 26 heavy (non-hydrogen) atoms. The number of hydrogen-bond acceptors (Lipinski definition) is 3. The second kappa shape index (κ2) is 7.15. The van der Waals surface area contributed by atoms with Gasteiger partial charge in [0, 0.05) is 0 Å². The number of nitrogens with one attached hydrogen (secondary N) is 1. The fourth-order valence-electron chi connectivity index (χ4n) is 3.02. The van der Waals surface area contributed by atoms with E-state index >= 15 is 0 Å². The van der Waals surface area contributed by atoms with Crippen molar-refractivity contribution in [1.29, 1.82) is 0 Å². The molecule has 2 aromatic rings. The van der Waals surface area contributed by atoms with E-state index in [1.54, 1.807) is 26.2 Å². The summed E-state index contributed by atoms with van der Waals surface area (Å²) in [5.41, 5.74) is 0.817. The van der Waals surface area contributed by atoms with Gasteiger partial charge >= 0.3 is 6.03 Å². The van der Waals surface area contributed by atoms with Crippen molar-refractivity contribution in [2.24, 2.45) is 0 Å². The van der Waals surface area contributed by atoms with Crippen molar-refractivity contribution in [3.63, 3.8) is 0 Å². The van der Waals surface area contributed by atoms with Gasteiger partial charge in [-0.1, -0.05) is 24.3 Å². The third kappa shape index (κ3) is 3.69. The van der Waals surface area contributed by atoms with Crippen molar-refractivity contribution in [3.05, 3.63) is 65.5 Å². The monoisotopic (exact) mass is 356 g/mol. The first kappa shape index (κ1) is 17.9. The van der Waals surface area contributed by atoms with Gasteiger partial charge in [-0.15, -0.1) is 0 Å². The van der Waals surface area contributed by atoms with Gasteiger partial charge in [-0.2, -0.15) is 0 Å². The molecule has 1 N–H and O–H groups in total. The summed E-state index contributed by atoms with van der Waals surface area (Å²) in [5, 5.41) is 2.79. The lowest BCUT2D eigenvalue weighted by Crippen LogP contribution is -2.44. The van der Waals surface area contributed by atoms with Crippen molar-refractivity contribution in [2.45, 2.75) is 31.8 Å². The summed E-state index contributed by atoms with van der Waals surface area (Å²) in [5.74, 6) is 0.159. The largest absolute Gasteiger partial charge is 0.497 e. The van der Waals surface area contributed by atoms with E-state index in [-0.39, 0.29) is 18.3 Å². The molecule has 3 rings (SSSR count). The minimum atomic E-state index is -0.947. The fraction of sp³-hybridized carbons (Fsp3) is 0.300. The number of amides is 3. The van der Waals surface area contributed by atoms with Crippen molar-refractivity contribution >= 4 is 11.9 Å². The van der Waals surface area contributed by atoms with Crippen LogP contribution in [0.25, 0.3) is 0 Å². The second-order valence-electron chi connectivity index (χ2n) is 6.63. The molecule has 3 amide bonds. The van der Waals surface area contributed by atoms with Gasteiger partial charge in [-0.05, 0) is 55.2 Å². The molecule has 1 atom stereocenters. The number of imide groups is 1. The standard InChI is InChI=1S/C20H21FN2O3/c1-20(12-11-14-5-9-17(26-2)10-6-14)18(24)23(19(25)22-20)13-15-3-7-16(21)8-4-15/h3-10H,11-13H2,1-2H3,(H,22,25). The van der Waals surface area contributed by atoms with Gasteiger partial charge in [0.1, 0.15) is 17.1 Å². The third-order valence-electron chi connectivity index (χ3n) is 4.67. The molecule has 6 heteroatoms. The van der Waals surface area contributed by atoms with E-state index in [0.717, 1.165) is 11.3 Å². The van der Waals surface area contributed by atoms with Gasteiger partial charge in [-0.3, -0.25) is 9.69 Å². The molecule has 1 aliphatic rings. The smallest absolute Gasteiger partial charge is 0.325 e. The highest BCUT2D eigenvalue weighted by Crippen LogP contribution is 2.25. The van der Waals surface area contributed by atoms with Crippen LogP contribution in [0.15, 0.2) is 48.5 Å². The van der Waals surface area contributed by atoms with Gasteiger partial charge in [-0.25, -0.2) is 9.18 Å². The van der Waals surface area contributed by atoms with Crippen LogP contribution < -0.4 is 10.1 Å². The maximum atomic E-state index is 13.0. The normalized spacial score (nSPS) is 19.6. The molecule has 0 aromatic heterocycles. The van der Waals surface area contributed by atoms with Crippen LogP contribution in [0, 0.1) is 5.82 Å². The van der Waals surface area contributed by atoms with Crippen LogP contribution in [0.5, 0.6) is 5.75 Å². The molecule has 5 nitrogen and oxygen atoms in total. The highest BCUT2D eigenvalue weighted by Gasteiger charge is 2.47. The highest BCUT2D eigenvalue weighted by atomic mass is 19.1. The van der Waals surface area contributed by atoms with Crippen molar-refractivity contribution in [1.82, 2.24) is 10.2 Å². The Hall–Kier alpha value is -2.89. The molecular formula is C20H21FN2O3. The van der Waals surface area contributed by atoms with Crippen molar-refractivity contribution in [2.75, 3.05) is 7.11 Å². The van der Waals surface area contributed by atoms with Crippen molar-refractivity contribution < 1.29 is 18.7 Å². The average molecular weight is 356 g/mol. The lowest BCUT2D eigenvalue weighted by atomic mass is 9.93. The zero-order valence-electron chi connectivity index (χ0n) is 14.8. The number of hydrogen-bond donors (Lipinski definition) is 1.